The van der Waals surface area contributed by atoms with Gasteiger partial charge in [0.25, 0.3) is 5.91 Å². The van der Waals surface area contributed by atoms with Crippen LogP contribution in [0.25, 0.3) is 0 Å². The summed E-state index contributed by atoms with van der Waals surface area (Å²) in [6, 6.07) is 12.3. The molecule has 1 aliphatic heterocycles. The van der Waals surface area contributed by atoms with Crippen LogP contribution < -0.4 is 9.62 Å². The van der Waals surface area contributed by atoms with E-state index in [2.05, 4.69) is 5.32 Å². The van der Waals surface area contributed by atoms with Crippen LogP contribution in [0.2, 0.25) is 5.02 Å². The topological polar surface area (TPSA) is 66.5 Å². The molecule has 5 nitrogen and oxygen atoms in total. The number of aryl methyl sites for hydroxylation is 1. The molecule has 1 aliphatic rings. The monoisotopic (exact) mass is 392 g/mol. The molecule has 0 spiro atoms. The van der Waals surface area contributed by atoms with Crippen LogP contribution in [0, 0.1) is 0 Å². The summed E-state index contributed by atoms with van der Waals surface area (Å²) >= 11 is 6.01. The van der Waals surface area contributed by atoms with E-state index in [1.165, 1.54) is 10.6 Å². The number of amides is 1. The van der Waals surface area contributed by atoms with Crippen molar-refractivity contribution in [2.75, 3.05) is 17.1 Å². The molecule has 138 valence electrons. The number of nitrogens with zero attached hydrogens (tertiary/aromatic N) is 1. The van der Waals surface area contributed by atoms with Crippen LogP contribution in [0.5, 0.6) is 0 Å². The van der Waals surface area contributed by atoms with Gasteiger partial charge in [0.15, 0.2) is 0 Å². The van der Waals surface area contributed by atoms with E-state index in [4.69, 9.17) is 11.6 Å². The van der Waals surface area contributed by atoms with Crippen molar-refractivity contribution < 1.29 is 13.2 Å². The van der Waals surface area contributed by atoms with Gasteiger partial charge in [-0.2, -0.15) is 0 Å². The van der Waals surface area contributed by atoms with Gasteiger partial charge in [-0.25, -0.2) is 8.42 Å². The van der Waals surface area contributed by atoms with Crippen molar-refractivity contribution in [1.29, 1.82) is 0 Å². The van der Waals surface area contributed by atoms with E-state index in [0.29, 0.717) is 22.8 Å². The molecule has 1 unspecified atom stereocenters. The largest absolute Gasteiger partial charge is 0.346 e. The lowest BCUT2D eigenvalue weighted by atomic mass is 10.00. The lowest BCUT2D eigenvalue weighted by molar-refractivity contribution is 0.0940. The van der Waals surface area contributed by atoms with Crippen molar-refractivity contribution in [3.05, 3.63) is 64.2 Å². The van der Waals surface area contributed by atoms with Crippen LogP contribution in [0.3, 0.4) is 0 Å². The first-order valence-corrected chi connectivity index (χ1v) is 10.7. The number of rotatable bonds is 4. The third-order valence-corrected chi connectivity index (χ3v) is 5.93. The van der Waals surface area contributed by atoms with Gasteiger partial charge < -0.3 is 5.32 Å². The summed E-state index contributed by atoms with van der Waals surface area (Å²) in [6.07, 6.45) is 2.70. The highest BCUT2D eigenvalue weighted by Crippen LogP contribution is 2.30. The zero-order valence-electron chi connectivity index (χ0n) is 14.7. The normalized spacial score (nSPS) is 15.3. The van der Waals surface area contributed by atoms with E-state index >= 15 is 0 Å². The second-order valence-corrected chi connectivity index (χ2v) is 8.88. The maximum atomic E-state index is 12.6. The fraction of sp³-hybridized carbons (Fsp3) is 0.316. The Balaban J connectivity index is 1.81. The molecule has 2 aromatic carbocycles. The van der Waals surface area contributed by atoms with E-state index in [-0.39, 0.29) is 11.9 Å². The van der Waals surface area contributed by atoms with Gasteiger partial charge in [0.1, 0.15) is 0 Å². The average Bonchev–Trinajstić information content (AvgIpc) is 2.59. The van der Waals surface area contributed by atoms with Gasteiger partial charge in [-0.15, -0.1) is 0 Å². The number of sulfonamides is 1. The molecule has 1 N–H and O–H groups in total. The Bertz CT molecular complexity index is 944. The lowest BCUT2D eigenvalue weighted by Gasteiger charge is -2.29. The van der Waals surface area contributed by atoms with Crippen molar-refractivity contribution in [2.45, 2.75) is 25.8 Å². The number of nitrogens with one attached hydrogen (secondary N) is 1. The van der Waals surface area contributed by atoms with E-state index in [0.717, 1.165) is 24.0 Å². The van der Waals surface area contributed by atoms with Crippen molar-refractivity contribution in [3.8, 4) is 0 Å². The Morgan fingerprint density at radius 1 is 1.23 bits per heavy atom. The maximum absolute atomic E-state index is 12.6. The minimum atomic E-state index is -3.31. The number of anilines is 1. The third kappa shape index (κ3) is 4.02. The predicted octanol–water partition coefficient (Wildman–Crippen LogP) is 3.54. The molecule has 0 radical (unpaired) electrons. The molecule has 0 saturated heterocycles. The summed E-state index contributed by atoms with van der Waals surface area (Å²) in [5.41, 5.74) is 2.99. The van der Waals surface area contributed by atoms with Gasteiger partial charge in [0.05, 0.1) is 18.0 Å². The van der Waals surface area contributed by atoms with Gasteiger partial charge in [-0.05, 0) is 61.2 Å². The van der Waals surface area contributed by atoms with Crippen molar-refractivity contribution >= 4 is 33.2 Å². The molecule has 2 aromatic rings. The van der Waals surface area contributed by atoms with Gasteiger partial charge in [0.2, 0.25) is 10.0 Å². The number of halogens is 1. The number of hydrogen-bond acceptors (Lipinski definition) is 3. The average molecular weight is 393 g/mol. The fourth-order valence-corrected chi connectivity index (χ4v) is 4.38. The fourth-order valence-electron chi connectivity index (χ4n) is 3.19. The zero-order chi connectivity index (χ0) is 18.9. The van der Waals surface area contributed by atoms with Crippen LogP contribution in [0.15, 0.2) is 42.5 Å². The molecule has 0 fully saturated rings. The van der Waals surface area contributed by atoms with Crippen LogP contribution in [-0.4, -0.2) is 27.1 Å². The number of benzene rings is 2. The summed E-state index contributed by atoms with van der Waals surface area (Å²) in [6.45, 7) is 2.37. The SMILES string of the molecule is CC(NC(=O)c1ccc2c(c1)CCCN2S(C)(=O)=O)c1cccc(Cl)c1. The molecular formula is C19H21ClN2O3S. The smallest absolute Gasteiger partial charge is 0.251 e. The predicted molar refractivity (Wildman–Crippen MR) is 104 cm³/mol. The minimum absolute atomic E-state index is 0.190. The number of carbonyl (C=O) groups is 1. The molecule has 1 amide bonds. The quantitative estimate of drug-likeness (QED) is 0.865. The van der Waals surface area contributed by atoms with Gasteiger partial charge in [-0.3, -0.25) is 9.10 Å². The number of carbonyl (C=O) groups excluding carboxylic acids is 1. The van der Waals surface area contributed by atoms with E-state index in [1.807, 2.05) is 25.1 Å². The Labute approximate surface area is 159 Å². The van der Waals surface area contributed by atoms with Crippen molar-refractivity contribution in [1.82, 2.24) is 5.32 Å². The first-order chi connectivity index (χ1) is 12.3. The Morgan fingerprint density at radius 2 is 2.00 bits per heavy atom. The lowest BCUT2D eigenvalue weighted by Crippen LogP contribution is -2.35. The van der Waals surface area contributed by atoms with E-state index in [1.54, 1.807) is 24.3 Å². The number of fused-ring (bicyclic) bond motifs is 1. The Kier molecular flexibility index (Phi) is 5.25. The molecular weight excluding hydrogens is 372 g/mol. The first kappa shape index (κ1) is 18.7. The van der Waals surface area contributed by atoms with Gasteiger partial charge in [0, 0.05) is 17.1 Å². The van der Waals surface area contributed by atoms with Gasteiger partial charge >= 0.3 is 0 Å². The summed E-state index contributed by atoms with van der Waals surface area (Å²) in [5, 5.41) is 3.58. The highest BCUT2D eigenvalue weighted by Gasteiger charge is 2.25. The third-order valence-electron chi connectivity index (χ3n) is 4.51. The second-order valence-electron chi connectivity index (χ2n) is 6.53. The molecule has 7 heteroatoms. The molecule has 1 heterocycles. The molecule has 3 rings (SSSR count). The van der Waals surface area contributed by atoms with Crippen molar-refractivity contribution in [2.24, 2.45) is 0 Å². The molecule has 0 aromatic heterocycles. The summed E-state index contributed by atoms with van der Waals surface area (Å²) in [7, 11) is -3.31. The van der Waals surface area contributed by atoms with Crippen LogP contribution in [0.4, 0.5) is 5.69 Å². The summed E-state index contributed by atoms with van der Waals surface area (Å²) in [5.74, 6) is -0.197. The number of hydrogen-bond donors (Lipinski definition) is 1. The van der Waals surface area contributed by atoms with Crippen molar-refractivity contribution in [3.63, 3.8) is 0 Å². The van der Waals surface area contributed by atoms with Crippen LogP contribution >= 0.6 is 11.6 Å². The standard InChI is InChI=1S/C19H21ClN2O3S/c1-13(14-5-3-7-17(20)12-14)21-19(23)16-8-9-18-15(11-16)6-4-10-22(18)26(2,24)25/h3,5,7-9,11-13H,4,6,10H2,1-2H3,(H,21,23). The molecule has 1 atom stereocenters. The molecule has 26 heavy (non-hydrogen) atoms. The highest BCUT2D eigenvalue weighted by atomic mass is 35.5. The Hall–Kier alpha value is -2.05. The maximum Gasteiger partial charge on any atom is 0.251 e. The first-order valence-electron chi connectivity index (χ1n) is 8.42. The highest BCUT2D eigenvalue weighted by molar-refractivity contribution is 7.92. The second kappa shape index (κ2) is 7.29. The van der Waals surface area contributed by atoms with Crippen LogP contribution in [0.1, 0.15) is 40.9 Å². The molecule has 0 aliphatic carbocycles. The minimum Gasteiger partial charge on any atom is -0.346 e. The van der Waals surface area contributed by atoms with Crippen LogP contribution in [-0.2, 0) is 16.4 Å². The molecule has 0 bridgehead atoms. The Morgan fingerprint density at radius 3 is 2.69 bits per heavy atom. The summed E-state index contributed by atoms with van der Waals surface area (Å²) in [4.78, 5) is 12.6. The van der Waals surface area contributed by atoms with E-state index in [9.17, 15) is 13.2 Å². The van der Waals surface area contributed by atoms with E-state index < -0.39 is 10.0 Å². The van der Waals surface area contributed by atoms with Gasteiger partial charge in [-0.1, -0.05) is 23.7 Å². The molecule has 0 saturated carbocycles. The zero-order valence-corrected chi connectivity index (χ0v) is 16.3. The summed E-state index contributed by atoms with van der Waals surface area (Å²) < 4.78 is 25.3.